The van der Waals surface area contributed by atoms with E-state index in [1.807, 2.05) is 30.0 Å². The predicted octanol–water partition coefficient (Wildman–Crippen LogP) is 1.64. The van der Waals surface area contributed by atoms with Crippen LogP contribution >= 0.6 is 0 Å². The lowest BCUT2D eigenvalue weighted by molar-refractivity contribution is -0.127. The number of aromatic nitrogens is 2. The van der Waals surface area contributed by atoms with Gasteiger partial charge in [-0.25, -0.2) is 9.97 Å². The number of amides is 2. The van der Waals surface area contributed by atoms with Crippen LogP contribution in [0.5, 0.6) is 0 Å². The van der Waals surface area contributed by atoms with E-state index in [-0.39, 0.29) is 11.8 Å². The molecule has 7 heteroatoms. The van der Waals surface area contributed by atoms with E-state index in [4.69, 9.17) is 10.7 Å². The Bertz CT molecular complexity index is 850. The monoisotopic (exact) mass is 353 g/mol. The number of nitrogens with two attached hydrogens (primary N) is 1. The van der Waals surface area contributed by atoms with Gasteiger partial charge >= 0.3 is 0 Å². The van der Waals surface area contributed by atoms with Crippen molar-refractivity contribution in [2.75, 3.05) is 32.1 Å². The Kier molecular flexibility index (Phi) is 4.88. The summed E-state index contributed by atoms with van der Waals surface area (Å²) in [6.45, 7) is 2.95. The van der Waals surface area contributed by atoms with Crippen LogP contribution < -0.4 is 10.6 Å². The molecular weight excluding hydrogens is 330 g/mol. The zero-order valence-corrected chi connectivity index (χ0v) is 15.3. The smallest absolute Gasteiger partial charge is 0.248 e. The quantitative estimate of drug-likeness (QED) is 0.902. The van der Waals surface area contributed by atoms with Gasteiger partial charge in [-0.15, -0.1) is 0 Å². The molecule has 1 saturated heterocycles. The fourth-order valence-corrected chi connectivity index (χ4v) is 3.24. The van der Waals surface area contributed by atoms with Crippen LogP contribution in [0.1, 0.15) is 35.3 Å². The Morgan fingerprint density at radius 2 is 2.08 bits per heavy atom. The normalized spacial score (nSPS) is 16.6. The minimum atomic E-state index is -0.470. The summed E-state index contributed by atoms with van der Waals surface area (Å²) in [7, 11) is 3.78. The Morgan fingerprint density at radius 3 is 2.69 bits per heavy atom. The minimum absolute atomic E-state index is 0.0756. The zero-order valence-electron chi connectivity index (χ0n) is 15.3. The summed E-state index contributed by atoms with van der Waals surface area (Å²) in [6, 6.07) is 7.17. The van der Waals surface area contributed by atoms with Gasteiger partial charge in [0.25, 0.3) is 0 Å². The van der Waals surface area contributed by atoms with E-state index < -0.39 is 5.91 Å². The van der Waals surface area contributed by atoms with Gasteiger partial charge in [-0.2, -0.15) is 0 Å². The highest BCUT2D eigenvalue weighted by Crippen LogP contribution is 2.34. The summed E-state index contributed by atoms with van der Waals surface area (Å²) in [5, 5.41) is 0. The number of likely N-dealkylation sites (tertiary alicyclic amines) is 1. The molecule has 0 unspecified atom stereocenters. The van der Waals surface area contributed by atoms with Gasteiger partial charge in [0.15, 0.2) is 0 Å². The molecule has 0 bridgehead atoms. The van der Waals surface area contributed by atoms with Crippen molar-refractivity contribution in [1.29, 1.82) is 0 Å². The Labute approximate surface area is 152 Å². The van der Waals surface area contributed by atoms with Crippen LogP contribution in [0.15, 0.2) is 30.5 Å². The maximum absolute atomic E-state index is 11.7. The van der Waals surface area contributed by atoms with Crippen molar-refractivity contribution in [3.8, 4) is 11.1 Å². The summed E-state index contributed by atoms with van der Waals surface area (Å²) < 4.78 is 0. The van der Waals surface area contributed by atoms with E-state index in [2.05, 4.69) is 4.98 Å². The van der Waals surface area contributed by atoms with Gasteiger partial charge < -0.3 is 15.5 Å². The van der Waals surface area contributed by atoms with Crippen molar-refractivity contribution in [3.05, 3.63) is 41.7 Å². The molecule has 1 aliphatic rings. The molecule has 1 aliphatic heterocycles. The van der Waals surface area contributed by atoms with E-state index >= 15 is 0 Å². The number of carbonyl (C=O) groups is 2. The lowest BCUT2D eigenvalue weighted by Crippen LogP contribution is -2.25. The molecule has 136 valence electrons. The molecule has 2 amide bonds. The Hall–Kier alpha value is -2.96. The van der Waals surface area contributed by atoms with Crippen molar-refractivity contribution in [2.24, 2.45) is 5.73 Å². The van der Waals surface area contributed by atoms with Crippen molar-refractivity contribution in [3.63, 3.8) is 0 Å². The van der Waals surface area contributed by atoms with Crippen LogP contribution in [0.4, 0.5) is 5.95 Å². The summed E-state index contributed by atoms with van der Waals surface area (Å²) in [6.07, 6.45) is 2.64. The van der Waals surface area contributed by atoms with E-state index in [0.717, 1.165) is 29.8 Å². The predicted molar refractivity (Wildman–Crippen MR) is 99.9 cm³/mol. The van der Waals surface area contributed by atoms with Gasteiger partial charge in [-0.1, -0.05) is 12.1 Å². The molecule has 3 rings (SSSR count). The number of benzene rings is 1. The molecule has 0 radical (unpaired) electrons. The minimum Gasteiger partial charge on any atom is -0.366 e. The average molecular weight is 353 g/mol. The summed E-state index contributed by atoms with van der Waals surface area (Å²) in [5.74, 6) is 0.360. The fourth-order valence-electron chi connectivity index (χ4n) is 3.24. The van der Waals surface area contributed by atoms with E-state index in [9.17, 15) is 9.59 Å². The number of hydrogen-bond donors (Lipinski definition) is 1. The number of primary amides is 1. The number of carbonyl (C=O) groups excluding carboxylic acids is 2. The first-order valence-corrected chi connectivity index (χ1v) is 8.57. The molecule has 0 aliphatic carbocycles. The average Bonchev–Trinajstić information content (AvgIpc) is 3.11. The van der Waals surface area contributed by atoms with Crippen molar-refractivity contribution >= 4 is 17.8 Å². The largest absolute Gasteiger partial charge is 0.366 e. The SMILES string of the molecule is CC(=O)N1CC[C@H](c2nc(N(C)C)ncc2-c2cccc(C(N)=O)c2)C1. The molecule has 7 nitrogen and oxygen atoms in total. The van der Waals surface area contributed by atoms with Crippen LogP contribution in [0.25, 0.3) is 11.1 Å². The van der Waals surface area contributed by atoms with Crippen LogP contribution in [0.3, 0.4) is 0 Å². The zero-order chi connectivity index (χ0) is 18.8. The first kappa shape index (κ1) is 17.8. The third-order valence-corrected chi connectivity index (χ3v) is 4.68. The topological polar surface area (TPSA) is 92.4 Å². The van der Waals surface area contributed by atoms with Gasteiger partial charge in [-0.3, -0.25) is 9.59 Å². The second-order valence-electron chi connectivity index (χ2n) is 6.76. The third-order valence-electron chi connectivity index (χ3n) is 4.68. The highest BCUT2D eigenvalue weighted by atomic mass is 16.2. The number of hydrogen-bond acceptors (Lipinski definition) is 5. The Balaban J connectivity index is 2.06. The maximum Gasteiger partial charge on any atom is 0.248 e. The molecule has 1 atom stereocenters. The maximum atomic E-state index is 11.7. The van der Waals surface area contributed by atoms with Gasteiger partial charge in [-0.05, 0) is 24.1 Å². The highest BCUT2D eigenvalue weighted by Gasteiger charge is 2.29. The van der Waals surface area contributed by atoms with Gasteiger partial charge in [0.05, 0.1) is 5.69 Å². The molecule has 1 aromatic heterocycles. The van der Waals surface area contributed by atoms with Crippen LogP contribution in [0, 0.1) is 0 Å². The molecular formula is C19H23N5O2. The molecule has 0 spiro atoms. The molecule has 2 aromatic rings. The number of nitrogens with zero attached hydrogens (tertiary/aromatic N) is 4. The van der Waals surface area contributed by atoms with E-state index in [1.54, 1.807) is 31.3 Å². The van der Waals surface area contributed by atoms with Gasteiger partial charge in [0, 0.05) is 57.4 Å². The van der Waals surface area contributed by atoms with E-state index in [0.29, 0.717) is 18.1 Å². The number of anilines is 1. The first-order chi connectivity index (χ1) is 12.4. The van der Waals surface area contributed by atoms with Crippen LogP contribution in [0.2, 0.25) is 0 Å². The summed E-state index contributed by atoms with van der Waals surface area (Å²) in [4.78, 5) is 36.1. The Morgan fingerprint density at radius 1 is 1.31 bits per heavy atom. The van der Waals surface area contributed by atoms with Crippen molar-refractivity contribution in [1.82, 2.24) is 14.9 Å². The highest BCUT2D eigenvalue weighted by molar-refractivity contribution is 5.94. The fraction of sp³-hybridized carbons (Fsp3) is 0.368. The second kappa shape index (κ2) is 7.11. The first-order valence-electron chi connectivity index (χ1n) is 8.57. The molecule has 1 fully saturated rings. The molecule has 1 aromatic carbocycles. The molecule has 26 heavy (non-hydrogen) atoms. The third kappa shape index (κ3) is 3.51. The lowest BCUT2D eigenvalue weighted by atomic mass is 9.95. The molecule has 2 heterocycles. The van der Waals surface area contributed by atoms with Gasteiger partial charge in [0.2, 0.25) is 17.8 Å². The van der Waals surface area contributed by atoms with Crippen LogP contribution in [-0.2, 0) is 4.79 Å². The van der Waals surface area contributed by atoms with Crippen LogP contribution in [-0.4, -0.2) is 53.9 Å². The van der Waals surface area contributed by atoms with Crippen molar-refractivity contribution in [2.45, 2.75) is 19.3 Å². The van der Waals surface area contributed by atoms with Gasteiger partial charge in [0.1, 0.15) is 0 Å². The second-order valence-corrected chi connectivity index (χ2v) is 6.76. The molecule has 0 saturated carbocycles. The summed E-state index contributed by atoms with van der Waals surface area (Å²) >= 11 is 0. The number of rotatable bonds is 4. The molecule has 2 N–H and O–H groups in total. The standard InChI is InChI=1S/C19H23N5O2/c1-12(25)24-8-7-15(11-24)17-16(10-21-19(22-17)23(2)3)13-5-4-6-14(9-13)18(20)26/h4-6,9-10,15H,7-8,11H2,1-3H3,(H2,20,26)/t15-/m0/s1. The van der Waals surface area contributed by atoms with E-state index in [1.165, 1.54) is 0 Å². The summed E-state index contributed by atoms with van der Waals surface area (Å²) in [5.41, 5.74) is 8.48. The van der Waals surface area contributed by atoms with Crippen molar-refractivity contribution < 1.29 is 9.59 Å². The lowest BCUT2D eigenvalue weighted by Gasteiger charge is -2.19.